The van der Waals surface area contributed by atoms with Gasteiger partial charge in [0.25, 0.3) is 0 Å². The molecule has 2 aromatic carbocycles. The van der Waals surface area contributed by atoms with Gasteiger partial charge in [0.05, 0.1) is 12.6 Å². The van der Waals surface area contributed by atoms with Crippen LogP contribution in [0.25, 0.3) is 0 Å². The monoisotopic (exact) mass is 281 g/mol. The van der Waals surface area contributed by atoms with Gasteiger partial charge in [0.15, 0.2) is 0 Å². The average molecular weight is 281 g/mol. The van der Waals surface area contributed by atoms with Crippen molar-refractivity contribution in [2.75, 3.05) is 13.7 Å². The Morgan fingerprint density at radius 2 is 1.90 bits per heavy atom. The van der Waals surface area contributed by atoms with Gasteiger partial charge in [-0.25, -0.2) is 0 Å². The Bertz CT molecular complexity index is 621. The van der Waals surface area contributed by atoms with Crippen molar-refractivity contribution in [3.63, 3.8) is 0 Å². The van der Waals surface area contributed by atoms with Crippen LogP contribution in [0.3, 0.4) is 0 Å². The van der Waals surface area contributed by atoms with Gasteiger partial charge in [-0.05, 0) is 43.0 Å². The van der Waals surface area contributed by atoms with Gasteiger partial charge in [0, 0.05) is 5.56 Å². The molecule has 110 valence electrons. The van der Waals surface area contributed by atoms with Crippen molar-refractivity contribution < 1.29 is 4.74 Å². The fourth-order valence-electron chi connectivity index (χ4n) is 3.26. The minimum absolute atomic E-state index is 0.189. The van der Waals surface area contributed by atoms with E-state index >= 15 is 0 Å². The summed E-state index contributed by atoms with van der Waals surface area (Å²) in [6.07, 6.45) is 3.28. The number of hydrogen-bond donors (Lipinski definition) is 1. The lowest BCUT2D eigenvalue weighted by Gasteiger charge is -2.26. The van der Waals surface area contributed by atoms with Crippen molar-refractivity contribution in [2.24, 2.45) is 0 Å². The van der Waals surface area contributed by atoms with Crippen LogP contribution in [-0.2, 0) is 12.8 Å². The van der Waals surface area contributed by atoms with Crippen LogP contribution in [0.2, 0.25) is 0 Å². The molecule has 0 spiro atoms. The Labute approximate surface area is 127 Å². The molecule has 3 rings (SSSR count). The third-order valence-corrected chi connectivity index (χ3v) is 4.31. The predicted molar refractivity (Wildman–Crippen MR) is 87.0 cm³/mol. The minimum atomic E-state index is 0.189. The summed E-state index contributed by atoms with van der Waals surface area (Å²) < 4.78 is 5.99. The van der Waals surface area contributed by atoms with Gasteiger partial charge in [-0.3, -0.25) is 0 Å². The van der Waals surface area contributed by atoms with Crippen molar-refractivity contribution >= 4 is 0 Å². The molecule has 0 bridgehead atoms. The van der Waals surface area contributed by atoms with Crippen LogP contribution in [0.15, 0.2) is 42.5 Å². The molecule has 0 radical (unpaired) electrons. The van der Waals surface area contributed by atoms with Crippen LogP contribution in [0.4, 0.5) is 0 Å². The summed E-state index contributed by atoms with van der Waals surface area (Å²) in [5.74, 6) is 1.09. The van der Waals surface area contributed by atoms with E-state index in [9.17, 15) is 0 Å². The smallest absolute Gasteiger partial charge is 0.127 e. The highest BCUT2D eigenvalue weighted by Gasteiger charge is 2.22. The number of rotatable bonds is 4. The van der Waals surface area contributed by atoms with E-state index in [0.717, 1.165) is 31.6 Å². The molecule has 0 aromatic heterocycles. The number of benzene rings is 2. The number of fused-ring (bicyclic) bond motifs is 1. The number of nitrogens with one attached hydrogen (secondary N) is 1. The van der Waals surface area contributed by atoms with E-state index in [1.165, 1.54) is 22.3 Å². The van der Waals surface area contributed by atoms with Crippen LogP contribution in [0, 0.1) is 0 Å². The van der Waals surface area contributed by atoms with E-state index in [0.29, 0.717) is 0 Å². The molecule has 2 heteroatoms. The van der Waals surface area contributed by atoms with Gasteiger partial charge in [-0.1, -0.05) is 49.4 Å². The van der Waals surface area contributed by atoms with Crippen LogP contribution in [0.5, 0.6) is 5.75 Å². The van der Waals surface area contributed by atoms with Crippen LogP contribution in [0.1, 0.15) is 41.6 Å². The summed E-state index contributed by atoms with van der Waals surface area (Å²) in [4.78, 5) is 0. The molecule has 1 aliphatic rings. The molecule has 2 aromatic rings. The number of ether oxygens (including phenoxy) is 1. The standard InChI is InChI=1S/C19H23NO/c1-3-14-8-4-5-11-16(14)18(20-2)17-12-6-9-15-10-7-13-21-19(15)17/h4-6,8-9,11-12,18,20H,3,7,10,13H2,1-2H3. The van der Waals surface area contributed by atoms with E-state index in [2.05, 4.69) is 54.7 Å². The van der Waals surface area contributed by atoms with Crippen molar-refractivity contribution in [1.82, 2.24) is 5.32 Å². The van der Waals surface area contributed by atoms with Crippen LogP contribution in [-0.4, -0.2) is 13.7 Å². The first-order chi connectivity index (χ1) is 10.3. The SMILES string of the molecule is CCc1ccccc1C(NC)c1cccc2c1OCCC2. The summed E-state index contributed by atoms with van der Waals surface area (Å²) >= 11 is 0. The topological polar surface area (TPSA) is 21.3 Å². The van der Waals surface area contributed by atoms with Crippen LogP contribution >= 0.6 is 0 Å². The Balaban J connectivity index is 2.08. The highest BCUT2D eigenvalue weighted by Crippen LogP contribution is 2.36. The predicted octanol–water partition coefficient (Wildman–Crippen LogP) is 3.88. The van der Waals surface area contributed by atoms with Gasteiger partial charge in [0.2, 0.25) is 0 Å². The van der Waals surface area contributed by atoms with Gasteiger partial charge in [-0.2, -0.15) is 0 Å². The molecule has 2 nitrogen and oxygen atoms in total. The van der Waals surface area contributed by atoms with Gasteiger partial charge < -0.3 is 10.1 Å². The van der Waals surface area contributed by atoms with Gasteiger partial charge >= 0.3 is 0 Å². The van der Waals surface area contributed by atoms with E-state index in [1.54, 1.807) is 0 Å². The zero-order valence-corrected chi connectivity index (χ0v) is 12.9. The molecule has 1 heterocycles. The highest BCUT2D eigenvalue weighted by molar-refractivity contribution is 5.49. The lowest BCUT2D eigenvalue weighted by molar-refractivity contribution is 0.283. The molecule has 0 aliphatic carbocycles. The zero-order valence-electron chi connectivity index (χ0n) is 12.9. The van der Waals surface area contributed by atoms with Crippen molar-refractivity contribution in [1.29, 1.82) is 0 Å². The molecule has 0 saturated carbocycles. The Kier molecular flexibility index (Phi) is 4.26. The Hall–Kier alpha value is -1.80. The lowest BCUT2D eigenvalue weighted by atomic mass is 9.90. The average Bonchev–Trinajstić information content (AvgIpc) is 2.56. The molecule has 1 unspecified atom stereocenters. The fraction of sp³-hybridized carbons (Fsp3) is 0.368. The molecule has 0 amide bonds. The van der Waals surface area contributed by atoms with E-state index < -0.39 is 0 Å². The third-order valence-electron chi connectivity index (χ3n) is 4.31. The summed E-state index contributed by atoms with van der Waals surface area (Å²) in [5, 5.41) is 3.48. The molecule has 0 fully saturated rings. The lowest BCUT2D eigenvalue weighted by Crippen LogP contribution is -2.21. The molecule has 1 aliphatic heterocycles. The highest BCUT2D eigenvalue weighted by atomic mass is 16.5. The van der Waals surface area contributed by atoms with Crippen molar-refractivity contribution in [2.45, 2.75) is 32.2 Å². The quantitative estimate of drug-likeness (QED) is 0.918. The number of hydrogen-bond acceptors (Lipinski definition) is 2. The summed E-state index contributed by atoms with van der Waals surface area (Å²) in [7, 11) is 2.03. The van der Waals surface area contributed by atoms with Gasteiger partial charge in [-0.15, -0.1) is 0 Å². The molecule has 1 atom stereocenters. The first kappa shape index (κ1) is 14.2. The zero-order chi connectivity index (χ0) is 14.7. The Morgan fingerprint density at radius 1 is 1.10 bits per heavy atom. The number of para-hydroxylation sites is 1. The first-order valence-electron chi connectivity index (χ1n) is 7.84. The van der Waals surface area contributed by atoms with E-state index in [4.69, 9.17) is 4.74 Å². The molecular formula is C19H23NO. The summed E-state index contributed by atoms with van der Waals surface area (Å²) in [6, 6.07) is 15.4. The molecule has 0 saturated heterocycles. The van der Waals surface area contributed by atoms with Crippen molar-refractivity contribution in [3.05, 3.63) is 64.7 Å². The first-order valence-corrected chi connectivity index (χ1v) is 7.84. The van der Waals surface area contributed by atoms with Crippen LogP contribution < -0.4 is 10.1 Å². The largest absolute Gasteiger partial charge is 0.493 e. The minimum Gasteiger partial charge on any atom is -0.493 e. The molecular weight excluding hydrogens is 258 g/mol. The third kappa shape index (κ3) is 2.68. The maximum atomic E-state index is 5.99. The molecule has 1 N–H and O–H groups in total. The number of aryl methyl sites for hydroxylation is 2. The second-order valence-electron chi connectivity index (χ2n) is 5.56. The maximum Gasteiger partial charge on any atom is 0.127 e. The maximum absolute atomic E-state index is 5.99. The summed E-state index contributed by atoms with van der Waals surface area (Å²) in [6.45, 7) is 3.04. The van der Waals surface area contributed by atoms with Crippen molar-refractivity contribution in [3.8, 4) is 5.75 Å². The molecule has 21 heavy (non-hydrogen) atoms. The second-order valence-corrected chi connectivity index (χ2v) is 5.56. The second kappa shape index (κ2) is 6.31. The van der Waals surface area contributed by atoms with E-state index in [1.807, 2.05) is 7.05 Å². The summed E-state index contributed by atoms with van der Waals surface area (Å²) in [5.41, 5.74) is 5.35. The Morgan fingerprint density at radius 3 is 2.71 bits per heavy atom. The van der Waals surface area contributed by atoms with Gasteiger partial charge in [0.1, 0.15) is 5.75 Å². The fourth-order valence-corrected chi connectivity index (χ4v) is 3.26. The normalized spacial score (nSPS) is 15.1. The van der Waals surface area contributed by atoms with E-state index in [-0.39, 0.29) is 6.04 Å².